The van der Waals surface area contributed by atoms with E-state index >= 15 is 0 Å². The van der Waals surface area contributed by atoms with Crippen LogP contribution in [0.5, 0.6) is 0 Å². The highest BCUT2D eigenvalue weighted by Gasteiger charge is 2.08. The number of benzene rings is 1. The third-order valence-electron chi connectivity index (χ3n) is 2.51. The first-order valence-corrected chi connectivity index (χ1v) is 5.79. The van der Waals surface area contributed by atoms with E-state index in [1.165, 1.54) is 12.1 Å². The van der Waals surface area contributed by atoms with Crippen LogP contribution >= 0.6 is 0 Å². The van der Waals surface area contributed by atoms with Crippen LogP contribution in [0.25, 0.3) is 0 Å². The molecule has 0 aliphatic heterocycles. The highest BCUT2D eigenvalue weighted by atomic mass is 19.1. The SMILES string of the molecule is CC(C)c1nc(N)nc(Cc2ccc(F)cc2)n1. The molecule has 0 saturated carbocycles. The Kier molecular flexibility index (Phi) is 3.50. The predicted octanol–water partition coefficient (Wildman–Crippen LogP) is 2.31. The van der Waals surface area contributed by atoms with Gasteiger partial charge in [-0.15, -0.1) is 0 Å². The van der Waals surface area contributed by atoms with Crippen molar-refractivity contribution in [2.75, 3.05) is 5.73 Å². The molecule has 0 radical (unpaired) electrons. The first-order chi connectivity index (χ1) is 8.54. The van der Waals surface area contributed by atoms with E-state index in [1.54, 1.807) is 12.1 Å². The number of halogens is 1. The van der Waals surface area contributed by atoms with Crippen molar-refractivity contribution in [3.8, 4) is 0 Å². The van der Waals surface area contributed by atoms with Crippen molar-refractivity contribution < 1.29 is 4.39 Å². The fraction of sp³-hybridized carbons (Fsp3) is 0.308. The fourth-order valence-corrected chi connectivity index (χ4v) is 1.58. The van der Waals surface area contributed by atoms with E-state index in [9.17, 15) is 4.39 Å². The average molecular weight is 246 g/mol. The monoisotopic (exact) mass is 246 g/mol. The summed E-state index contributed by atoms with van der Waals surface area (Å²) in [6, 6.07) is 6.27. The van der Waals surface area contributed by atoms with Crippen LogP contribution in [0.15, 0.2) is 24.3 Å². The normalized spacial score (nSPS) is 10.9. The highest BCUT2D eigenvalue weighted by Crippen LogP contribution is 2.12. The van der Waals surface area contributed by atoms with Gasteiger partial charge in [-0.1, -0.05) is 26.0 Å². The number of nitrogens with two attached hydrogens (primary N) is 1. The zero-order valence-corrected chi connectivity index (χ0v) is 10.4. The maximum absolute atomic E-state index is 12.8. The number of nitrogen functional groups attached to an aromatic ring is 1. The Bertz CT molecular complexity index is 537. The Labute approximate surface area is 105 Å². The molecule has 0 aliphatic carbocycles. The largest absolute Gasteiger partial charge is 0.368 e. The minimum Gasteiger partial charge on any atom is -0.368 e. The van der Waals surface area contributed by atoms with Gasteiger partial charge in [0.2, 0.25) is 5.95 Å². The summed E-state index contributed by atoms with van der Waals surface area (Å²) in [5.41, 5.74) is 6.59. The first kappa shape index (κ1) is 12.4. The Morgan fingerprint density at radius 2 is 1.78 bits per heavy atom. The summed E-state index contributed by atoms with van der Waals surface area (Å²) in [5.74, 6) is 1.46. The Balaban J connectivity index is 2.26. The second kappa shape index (κ2) is 5.08. The molecule has 18 heavy (non-hydrogen) atoms. The summed E-state index contributed by atoms with van der Waals surface area (Å²) in [7, 11) is 0. The maximum atomic E-state index is 12.8. The minimum atomic E-state index is -0.253. The lowest BCUT2D eigenvalue weighted by Gasteiger charge is -2.07. The van der Waals surface area contributed by atoms with Gasteiger partial charge in [-0.05, 0) is 17.7 Å². The topological polar surface area (TPSA) is 64.7 Å². The second-order valence-electron chi connectivity index (χ2n) is 4.43. The van der Waals surface area contributed by atoms with Gasteiger partial charge >= 0.3 is 0 Å². The smallest absolute Gasteiger partial charge is 0.223 e. The second-order valence-corrected chi connectivity index (χ2v) is 4.43. The van der Waals surface area contributed by atoms with E-state index in [2.05, 4.69) is 15.0 Å². The van der Waals surface area contributed by atoms with Crippen LogP contribution in [0.3, 0.4) is 0 Å². The van der Waals surface area contributed by atoms with Crippen LogP contribution in [0, 0.1) is 5.82 Å². The van der Waals surface area contributed by atoms with Crippen molar-refractivity contribution in [2.45, 2.75) is 26.2 Å². The zero-order chi connectivity index (χ0) is 13.1. The Morgan fingerprint density at radius 1 is 1.11 bits per heavy atom. The van der Waals surface area contributed by atoms with Crippen LogP contribution in [-0.2, 0) is 6.42 Å². The molecule has 0 bridgehead atoms. The summed E-state index contributed by atoms with van der Waals surface area (Å²) < 4.78 is 12.8. The van der Waals surface area contributed by atoms with Crippen molar-refractivity contribution >= 4 is 5.95 Å². The standard InChI is InChI=1S/C13H15FN4/c1-8(2)12-16-11(17-13(15)18-12)7-9-3-5-10(14)6-4-9/h3-6,8H,7H2,1-2H3,(H2,15,16,17,18). The lowest BCUT2D eigenvalue weighted by molar-refractivity contribution is 0.627. The summed E-state index contributed by atoms with van der Waals surface area (Å²) in [6.07, 6.45) is 0.521. The number of nitrogens with zero attached hydrogens (tertiary/aromatic N) is 3. The van der Waals surface area contributed by atoms with Gasteiger partial charge < -0.3 is 5.73 Å². The third-order valence-corrected chi connectivity index (χ3v) is 2.51. The molecule has 0 unspecified atom stereocenters. The molecule has 5 heteroatoms. The molecule has 0 fully saturated rings. The van der Waals surface area contributed by atoms with Gasteiger partial charge in [-0.25, -0.2) is 9.37 Å². The molecule has 1 heterocycles. The molecule has 2 N–H and O–H groups in total. The van der Waals surface area contributed by atoms with Crippen molar-refractivity contribution in [1.82, 2.24) is 15.0 Å². The lowest BCUT2D eigenvalue weighted by Crippen LogP contribution is -2.09. The van der Waals surface area contributed by atoms with Gasteiger partial charge in [0.15, 0.2) is 0 Å². The van der Waals surface area contributed by atoms with Crippen LogP contribution in [-0.4, -0.2) is 15.0 Å². The molecule has 4 nitrogen and oxygen atoms in total. The van der Waals surface area contributed by atoms with E-state index in [4.69, 9.17) is 5.73 Å². The van der Waals surface area contributed by atoms with E-state index in [0.717, 1.165) is 5.56 Å². The molecule has 1 aromatic carbocycles. The molecular weight excluding hydrogens is 231 g/mol. The van der Waals surface area contributed by atoms with E-state index in [0.29, 0.717) is 18.1 Å². The zero-order valence-electron chi connectivity index (χ0n) is 10.4. The number of aromatic nitrogens is 3. The molecule has 0 atom stereocenters. The van der Waals surface area contributed by atoms with Gasteiger partial charge in [0.05, 0.1) is 0 Å². The van der Waals surface area contributed by atoms with Gasteiger partial charge in [-0.3, -0.25) is 0 Å². The number of hydrogen-bond donors (Lipinski definition) is 1. The maximum Gasteiger partial charge on any atom is 0.223 e. The predicted molar refractivity (Wildman–Crippen MR) is 67.5 cm³/mol. The van der Waals surface area contributed by atoms with Crippen LogP contribution in [0.4, 0.5) is 10.3 Å². The summed E-state index contributed by atoms with van der Waals surface area (Å²) >= 11 is 0. The molecule has 2 rings (SSSR count). The first-order valence-electron chi connectivity index (χ1n) is 5.79. The van der Waals surface area contributed by atoms with E-state index < -0.39 is 0 Å². The Hall–Kier alpha value is -2.04. The van der Waals surface area contributed by atoms with Crippen molar-refractivity contribution in [1.29, 1.82) is 0 Å². The van der Waals surface area contributed by atoms with Crippen LogP contribution < -0.4 is 5.73 Å². The summed E-state index contributed by atoms with van der Waals surface area (Å²) in [4.78, 5) is 12.5. The molecule has 1 aromatic heterocycles. The molecule has 2 aromatic rings. The molecule has 0 spiro atoms. The van der Waals surface area contributed by atoms with Crippen LogP contribution in [0.1, 0.15) is 37.0 Å². The number of anilines is 1. The average Bonchev–Trinajstić information content (AvgIpc) is 2.31. The molecule has 0 amide bonds. The van der Waals surface area contributed by atoms with Gasteiger partial charge in [0.25, 0.3) is 0 Å². The van der Waals surface area contributed by atoms with Crippen molar-refractivity contribution in [3.05, 3.63) is 47.3 Å². The summed E-state index contributed by atoms with van der Waals surface area (Å²) in [6.45, 7) is 3.99. The minimum absolute atomic E-state index is 0.197. The van der Waals surface area contributed by atoms with Gasteiger partial charge in [-0.2, -0.15) is 9.97 Å². The van der Waals surface area contributed by atoms with Gasteiger partial charge in [0, 0.05) is 12.3 Å². The Morgan fingerprint density at radius 3 is 2.39 bits per heavy atom. The molecular formula is C13H15FN4. The highest BCUT2D eigenvalue weighted by molar-refractivity contribution is 5.23. The van der Waals surface area contributed by atoms with E-state index in [1.807, 2.05) is 13.8 Å². The lowest BCUT2D eigenvalue weighted by atomic mass is 10.1. The number of rotatable bonds is 3. The molecule has 94 valence electrons. The molecule has 0 aliphatic rings. The quantitative estimate of drug-likeness (QED) is 0.902. The van der Waals surface area contributed by atoms with Crippen LogP contribution in [0.2, 0.25) is 0 Å². The van der Waals surface area contributed by atoms with Gasteiger partial charge in [0.1, 0.15) is 17.5 Å². The van der Waals surface area contributed by atoms with Crippen molar-refractivity contribution in [3.63, 3.8) is 0 Å². The third kappa shape index (κ3) is 3.00. The molecule has 0 saturated heterocycles. The summed E-state index contributed by atoms with van der Waals surface area (Å²) in [5, 5.41) is 0. The number of hydrogen-bond acceptors (Lipinski definition) is 4. The van der Waals surface area contributed by atoms with E-state index in [-0.39, 0.29) is 17.7 Å². The van der Waals surface area contributed by atoms with Crippen molar-refractivity contribution in [2.24, 2.45) is 0 Å². The fourth-order valence-electron chi connectivity index (χ4n) is 1.58.